The van der Waals surface area contributed by atoms with Crippen LogP contribution in [-0.2, 0) is 9.47 Å². The topological polar surface area (TPSA) is 64.9 Å². The van der Waals surface area contributed by atoms with Crippen LogP contribution in [0.1, 0.15) is 80.1 Å². The van der Waals surface area contributed by atoms with E-state index in [0.717, 1.165) is 68.2 Å². The standard InChI is InChI=1S/C32H60N6O2/c1-13-17-20-27(6)37(11)31(25-36(10)32(34-9)40-28(7)14-2)30(33-8)24-35-26(5)19-18-21-29(15-3)38(16-4)22-23-39-12/h14-15,27,32,35H,5,8-9,13,16-25H2,1-4,6-7,10-12H3/b28-14+,29-15+,31-30-. The molecular formula is C32H60N6O2. The Kier molecular flexibility index (Phi) is 20.7. The van der Waals surface area contributed by atoms with E-state index >= 15 is 0 Å². The van der Waals surface area contributed by atoms with Gasteiger partial charge in [-0.15, -0.1) is 0 Å². The first kappa shape index (κ1) is 37.4. The molecule has 0 saturated carbocycles. The van der Waals surface area contributed by atoms with Gasteiger partial charge in [-0.3, -0.25) is 4.99 Å². The fraction of sp³-hybridized carbons (Fsp3) is 0.688. The molecule has 8 nitrogen and oxygen atoms in total. The fourth-order valence-corrected chi connectivity index (χ4v) is 4.40. The summed E-state index contributed by atoms with van der Waals surface area (Å²) in [6.45, 7) is 28.4. The van der Waals surface area contributed by atoms with E-state index in [0.29, 0.717) is 19.1 Å². The fourth-order valence-electron chi connectivity index (χ4n) is 4.40. The van der Waals surface area contributed by atoms with Gasteiger partial charge in [-0.2, -0.15) is 0 Å². The first-order valence-electron chi connectivity index (χ1n) is 14.8. The number of rotatable bonds is 24. The smallest absolute Gasteiger partial charge is 0.248 e. The second-order valence-corrected chi connectivity index (χ2v) is 10.3. The Hall–Kier alpha value is -2.58. The van der Waals surface area contributed by atoms with E-state index in [4.69, 9.17) is 9.47 Å². The van der Waals surface area contributed by atoms with Crippen LogP contribution in [0.25, 0.3) is 0 Å². The average Bonchev–Trinajstić information content (AvgIpc) is 2.96. The van der Waals surface area contributed by atoms with Crippen molar-refractivity contribution in [3.05, 3.63) is 47.3 Å². The van der Waals surface area contributed by atoms with Gasteiger partial charge in [-0.05, 0) is 86.9 Å². The number of ether oxygens (including phenoxy) is 2. The average molecular weight is 561 g/mol. The van der Waals surface area contributed by atoms with Gasteiger partial charge in [-0.1, -0.05) is 32.4 Å². The number of hydrogen-bond donors (Lipinski definition) is 1. The van der Waals surface area contributed by atoms with Crippen molar-refractivity contribution in [1.82, 2.24) is 20.0 Å². The van der Waals surface area contributed by atoms with Crippen molar-refractivity contribution in [2.75, 3.05) is 54.0 Å². The summed E-state index contributed by atoms with van der Waals surface area (Å²) in [5.74, 6) is 0.807. The molecule has 8 heteroatoms. The molecule has 0 radical (unpaired) electrons. The van der Waals surface area contributed by atoms with Crippen LogP contribution in [-0.4, -0.2) is 94.5 Å². The summed E-state index contributed by atoms with van der Waals surface area (Å²) in [5, 5.41) is 3.52. The minimum Gasteiger partial charge on any atom is -0.460 e. The Balaban J connectivity index is 5.58. The first-order chi connectivity index (χ1) is 19.1. The number of likely N-dealkylation sites (N-methyl/N-ethyl adjacent to an activating group) is 3. The first-order valence-corrected chi connectivity index (χ1v) is 14.8. The number of methoxy groups -OCH3 is 1. The van der Waals surface area contributed by atoms with E-state index < -0.39 is 6.35 Å². The second-order valence-electron chi connectivity index (χ2n) is 10.3. The molecule has 0 aromatic rings. The molecule has 2 atom stereocenters. The van der Waals surface area contributed by atoms with Gasteiger partial charge in [0.1, 0.15) is 0 Å². The number of nitrogens with zero attached hydrogens (tertiary/aromatic N) is 5. The minimum absolute atomic E-state index is 0.357. The van der Waals surface area contributed by atoms with Crippen LogP contribution in [0.15, 0.2) is 57.3 Å². The Morgan fingerprint density at radius 1 is 1.07 bits per heavy atom. The van der Waals surface area contributed by atoms with E-state index in [1.165, 1.54) is 18.5 Å². The molecule has 0 aromatic carbocycles. The second kappa shape index (κ2) is 22.1. The third-order valence-electron chi connectivity index (χ3n) is 7.32. The Labute approximate surface area is 246 Å². The highest BCUT2D eigenvalue weighted by Crippen LogP contribution is 2.20. The number of unbranched alkanes of at least 4 members (excludes halogenated alkanes) is 1. The van der Waals surface area contributed by atoms with E-state index in [1.54, 1.807) is 7.11 Å². The van der Waals surface area contributed by atoms with Gasteiger partial charge >= 0.3 is 0 Å². The van der Waals surface area contributed by atoms with Gasteiger partial charge in [0, 0.05) is 51.2 Å². The van der Waals surface area contributed by atoms with Crippen molar-refractivity contribution in [3.8, 4) is 0 Å². The van der Waals surface area contributed by atoms with Crippen molar-refractivity contribution in [2.24, 2.45) is 9.98 Å². The molecule has 40 heavy (non-hydrogen) atoms. The number of aliphatic imine (C=N–C) groups is 2. The number of allylic oxidation sites excluding steroid dienone is 5. The summed E-state index contributed by atoms with van der Waals surface area (Å²) in [7, 11) is 5.88. The highest BCUT2D eigenvalue weighted by atomic mass is 16.5. The summed E-state index contributed by atoms with van der Waals surface area (Å²) in [6, 6.07) is 0.357. The minimum atomic E-state index is -0.494. The lowest BCUT2D eigenvalue weighted by Crippen LogP contribution is -2.40. The van der Waals surface area contributed by atoms with E-state index in [9.17, 15) is 0 Å². The predicted octanol–water partition coefficient (Wildman–Crippen LogP) is 6.41. The summed E-state index contributed by atoms with van der Waals surface area (Å²) in [6.07, 6.45) is 10.0. The molecule has 0 bridgehead atoms. The molecular weight excluding hydrogens is 500 g/mol. The Morgan fingerprint density at radius 3 is 2.30 bits per heavy atom. The largest absolute Gasteiger partial charge is 0.460 e. The SMILES string of the molecule is C=N/C(CNC(=C)CCC/C(=C\C)N(CC)CCOC)=C(/CN(C)C(N=C)O/C(C)=C/C)N(C)C(C)CCCC. The Bertz CT molecular complexity index is 835. The predicted molar refractivity (Wildman–Crippen MR) is 174 cm³/mol. The maximum atomic E-state index is 5.97. The van der Waals surface area contributed by atoms with Crippen LogP contribution in [0, 0.1) is 0 Å². The van der Waals surface area contributed by atoms with Crippen molar-refractivity contribution in [2.45, 2.75) is 92.5 Å². The van der Waals surface area contributed by atoms with Gasteiger partial charge in [0.25, 0.3) is 0 Å². The van der Waals surface area contributed by atoms with Crippen molar-refractivity contribution >= 4 is 13.4 Å². The van der Waals surface area contributed by atoms with Gasteiger partial charge < -0.3 is 24.6 Å². The third kappa shape index (κ3) is 14.2. The molecule has 0 heterocycles. The molecule has 0 rings (SSSR count). The summed E-state index contributed by atoms with van der Waals surface area (Å²) in [5.41, 5.74) is 4.35. The summed E-state index contributed by atoms with van der Waals surface area (Å²) >= 11 is 0. The zero-order valence-electron chi connectivity index (χ0n) is 27.3. The molecule has 0 saturated heterocycles. The molecule has 0 fully saturated rings. The maximum Gasteiger partial charge on any atom is 0.248 e. The molecule has 0 aliphatic heterocycles. The quantitative estimate of drug-likeness (QED) is 0.0836. The molecule has 230 valence electrons. The normalized spacial score (nSPS) is 14.3. The molecule has 2 unspecified atom stereocenters. The van der Waals surface area contributed by atoms with Gasteiger partial charge in [0.15, 0.2) is 0 Å². The molecule has 0 aliphatic carbocycles. The molecule has 0 spiro atoms. The van der Waals surface area contributed by atoms with Gasteiger partial charge in [-0.25, -0.2) is 9.89 Å². The third-order valence-corrected chi connectivity index (χ3v) is 7.32. The van der Waals surface area contributed by atoms with Crippen molar-refractivity contribution in [3.63, 3.8) is 0 Å². The lowest BCUT2D eigenvalue weighted by Gasteiger charge is -2.34. The molecule has 0 amide bonds. The lowest BCUT2D eigenvalue weighted by atomic mass is 10.1. The van der Waals surface area contributed by atoms with Crippen LogP contribution in [0.2, 0.25) is 0 Å². The highest BCUT2D eigenvalue weighted by Gasteiger charge is 2.22. The Morgan fingerprint density at radius 2 is 1.77 bits per heavy atom. The van der Waals surface area contributed by atoms with Gasteiger partial charge in [0.05, 0.1) is 30.3 Å². The highest BCUT2D eigenvalue weighted by molar-refractivity contribution is 5.32. The molecule has 0 aromatic heterocycles. The monoisotopic (exact) mass is 560 g/mol. The molecule has 0 aliphatic rings. The van der Waals surface area contributed by atoms with Crippen LogP contribution < -0.4 is 5.32 Å². The van der Waals surface area contributed by atoms with Crippen LogP contribution >= 0.6 is 0 Å². The lowest BCUT2D eigenvalue weighted by molar-refractivity contribution is 0.00159. The van der Waals surface area contributed by atoms with Crippen molar-refractivity contribution in [1.29, 1.82) is 0 Å². The van der Waals surface area contributed by atoms with Crippen molar-refractivity contribution < 1.29 is 9.47 Å². The van der Waals surface area contributed by atoms with Gasteiger partial charge in [0.2, 0.25) is 6.35 Å². The van der Waals surface area contributed by atoms with E-state index in [-0.39, 0.29) is 0 Å². The maximum absolute atomic E-state index is 5.97. The van der Waals surface area contributed by atoms with Crippen LogP contribution in [0.4, 0.5) is 0 Å². The molecule has 1 N–H and O–H groups in total. The van der Waals surface area contributed by atoms with Crippen LogP contribution in [0.5, 0.6) is 0 Å². The zero-order valence-corrected chi connectivity index (χ0v) is 27.3. The summed E-state index contributed by atoms with van der Waals surface area (Å²) in [4.78, 5) is 15.4. The van der Waals surface area contributed by atoms with E-state index in [1.807, 2.05) is 31.9 Å². The number of nitrogens with one attached hydrogen (secondary N) is 1. The number of hydrogen-bond acceptors (Lipinski definition) is 8. The summed E-state index contributed by atoms with van der Waals surface area (Å²) < 4.78 is 11.2. The zero-order chi connectivity index (χ0) is 30.5. The van der Waals surface area contributed by atoms with E-state index in [2.05, 4.69) is 85.9 Å². The van der Waals surface area contributed by atoms with Crippen LogP contribution in [0.3, 0.4) is 0 Å².